The molecule has 0 atom stereocenters. The zero-order valence-electron chi connectivity index (χ0n) is 10.5. The number of hydrogen-bond acceptors (Lipinski definition) is 2. The highest BCUT2D eigenvalue weighted by Crippen LogP contribution is 2.24. The third-order valence-electron chi connectivity index (χ3n) is 3.61. The highest BCUT2D eigenvalue weighted by molar-refractivity contribution is 6.30. The molecule has 1 aromatic carbocycles. The van der Waals surface area contributed by atoms with E-state index in [1.165, 1.54) is 37.7 Å². The van der Waals surface area contributed by atoms with Gasteiger partial charge in [0.25, 0.3) is 0 Å². The smallest absolute Gasteiger partial charge is 0.0429 e. The van der Waals surface area contributed by atoms with Gasteiger partial charge in [-0.2, -0.15) is 0 Å². The summed E-state index contributed by atoms with van der Waals surface area (Å²) in [6, 6.07) is 6.55. The Bertz CT molecular complexity index is 352. The van der Waals surface area contributed by atoms with Crippen LogP contribution >= 0.6 is 11.6 Å². The summed E-state index contributed by atoms with van der Waals surface area (Å²) in [5.74, 6) is 0. The summed E-state index contributed by atoms with van der Waals surface area (Å²) in [6.07, 6.45) is 6.78. The Morgan fingerprint density at radius 2 is 1.94 bits per heavy atom. The molecular formula is C14H21ClN2. The van der Waals surface area contributed by atoms with E-state index in [1.807, 2.05) is 12.1 Å². The number of nitrogens with zero attached hydrogens (tertiary/aromatic N) is 1. The fourth-order valence-electron chi connectivity index (χ4n) is 2.71. The van der Waals surface area contributed by atoms with Gasteiger partial charge in [-0.25, -0.2) is 0 Å². The summed E-state index contributed by atoms with van der Waals surface area (Å²) in [5.41, 5.74) is 7.78. The zero-order valence-corrected chi connectivity index (χ0v) is 11.2. The zero-order chi connectivity index (χ0) is 12.3. The van der Waals surface area contributed by atoms with E-state index in [4.69, 9.17) is 17.3 Å². The average Bonchev–Trinajstić information content (AvgIpc) is 2.28. The van der Waals surface area contributed by atoms with Crippen LogP contribution in [-0.4, -0.2) is 18.0 Å². The molecule has 0 aromatic heterocycles. The van der Waals surface area contributed by atoms with E-state index in [0.717, 1.165) is 23.3 Å². The summed E-state index contributed by atoms with van der Waals surface area (Å²) >= 11 is 6.02. The van der Waals surface area contributed by atoms with Crippen molar-refractivity contribution in [2.24, 2.45) is 0 Å². The summed E-state index contributed by atoms with van der Waals surface area (Å²) in [4.78, 5) is 2.43. The van der Waals surface area contributed by atoms with Gasteiger partial charge in [-0.3, -0.25) is 4.90 Å². The van der Waals surface area contributed by atoms with Crippen molar-refractivity contribution >= 4 is 17.3 Å². The lowest BCUT2D eigenvalue weighted by atomic mass is 9.94. The largest absolute Gasteiger partial charge is 0.399 e. The van der Waals surface area contributed by atoms with Gasteiger partial charge in [-0.1, -0.05) is 30.9 Å². The lowest BCUT2D eigenvalue weighted by molar-refractivity contribution is 0.184. The molecular weight excluding hydrogens is 232 g/mol. The quantitative estimate of drug-likeness (QED) is 0.832. The standard InChI is InChI=1S/C14H21ClN2/c1-17(14-5-3-2-4-6-14)10-11-7-12(15)9-13(16)8-11/h7-9,14H,2-6,10,16H2,1H3. The molecule has 2 N–H and O–H groups in total. The maximum Gasteiger partial charge on any atom is 0.0429 e. The van der Waals surface area contributed by atoms with Crippen molar-refractivity contribution in [3.05, 3.63) is 28.8 Å². The van der Waals surface area contributed by atoms with Crippen molar-refractivity contribution in [3.63, 3.8) is 0 Å². The Hall–Kier alpha value is -0.730. The molecule has 0 bridgehead atoms. The first-order valence-electron chi connectivity index (χ1n) is 6.40. The summed E-state index contributed by atoms with van der Waals surface area (Å²) in [6.45, 7) is 0.940. The van der Waals surface area contributed by atoms with Gasteiger partial charge in [0, 0.05) is 23.3 Å². The van der Waals surface area contributed by atoms with Crippen LogP contribution in [-0.2, 0) is 6.54 Å². The summed E-state index contributed by atoms with van der Waals surface area (Å²) in [5, 5.41) is 0.733. The average molecular weight is 253 g/mol. The van der Waals surface area contributed by atoms with Crippen LogP contribution in [0.5, 0.6) is 0 Å². The van der Waals surface area contributed by atoms with Crippen molar-refractivity contribution in [2.75, 3.05) is 12.8 Å². The molecule has 17 heavy (non-hydrogen) atoms. The van der Waals surface area contributed by atoms with E-state index >= 15 is 0 Å². The second-order valence-corrected chi connectivity index (χ2v) is 5.54. The van der Waals surface area contributed by atoms with E-state index in [-0.39, 0.29) is 0 Å². The minimum absolute atomic E-state index is 0.726. The van der Waals surface area contributed by atoms with Gasteiger partial charge in [0.05, 0.1) is 0 Å². The van der Waals surface area contributed by atoms with Crippen molar-refractivity contribution in [1.29, 1.82) is 0 Å². The topological polar surface area (TPSA) is 29.3 Å². The van der Waals surface area contributed by atoms with Gasteiger partial charge in [0.15, 0.2) is 0 Å². The fourth-order valence-corrected chi connectivity index (χ4v) is 2.97. The number of nitrogens with two attached hydrogens (primary N) is 1. The minimum Gasteiger partial charge on any atom is -0.399 e. The Morgan fingerprint density at radius 1 is 1.24 bits per heavy atom. The number of nitrogen functional groups attached to an aromatic ring is 1. The highest BCUT2D eigenvalue weighted by atomic mass is 35.5. The second kappa shape index (κ2) is 5.74. The van der Waals surface area contributed by atoms with E-state index in [1.54, 1.807) is 6.07 Å². The molecule has 0 unspecified atom stereocenters. The molecule has 0 spiro atoms. The SMILES string of the molecule is CN(Cc1cc(N)cc(Cl)c1)C1CCCCC1. The van der Waals surface area contributed by atoms with Crippen LogP contribution in [0, 0.1) is 0 Å². The summed E-state index contributed by atoms with van der Waals surface area (Å²) < 4.78 is 0. The van der Waals surface area contributed by atoms with Gasteiger partial charge in [0.2, 0.25) is 0 Å². The fraction of sp³-hybridized carbons (Fsp3) is 0.571. The molecule has 0 radical (unpaired) electrons. The number of anilines is 1. The van der Waals surface area contributed by atoms with Crippen LogP contribution in [0.4, 0.5) is 5.69 Å². The molecule has 1 aliphatic carbocycles. The molecule has 3 heteroatoms. The number of rotatable bonds is 3. The molecule has 1 saturated carbocycles. The molecule has 0 heterocycles. The molecule has 1 aliphatic rings. The van der Waals surface area contributed by atoms with Crippen LogP contribution in [0.15, 0.2) is 18.2 Å². The molecule has 2 nitrogen and oxygen atoms in total. The predicted molar refractivity (Wildman–Crippen MR) is 74.2 cm³/mol. The second-order valence-electron chi connectivity index (χ2n) is 5.10. The Kier molecular flexibility index (Phi) is 4.30. The van der Waals surface area contributed by atoms with Crippen LogP contribution in [0.1, 0.15) is 37.7 Å². The number of hydrogen-bond donors (Lipinski definition) is 1. The summed E-state index contributed by atoms with van der Waals surface area (Å²) in [7, 11) is 2.20. The normalized spacial score (nSPS) is 17.6. The molecule has 0 amide bonds. The van der Waals surface area contributed by atoms with Crippen molar-refractivity contribution in [2.45, 2.75) is 44.7 Å². The first kappa shape index (κ1) is 12.7. The van der Waals surface area contributed by atoms with Crippen molar-refractivity contribution in [1.82, 2.24) is 4.90 Å². The van der Waals surface area contributed by atoms with Crippen molar-refractivity contribution < 1.29 is 0 Å². The van der Waals surface area contributed by atoms with Gasteiger partial charge in [-0.05, 0) is 43.7 Å². The number of benzene rings is 1. The molecule has 0 saturated heterocycles. The Morgan fingerprint density at radius 3 is 2.59 bits per heavy atom. The van der Waals surface area contributed by atoms with E-state index in [9.17, 15) is 0 Å². The third-order valence-corrected chi connectivity index (χ3v) is 3.83. The van der Waals surface area contributed by atoms with Gasteiger partial charge >= 0.3 is 0 Å². The van der Waals surface area contributed by atoms with E-state index in [2.05, 4.69) is 11.9 Å². The maximum atomic E-state index is 6.02. The van der Waals surface area contributed by atoms with Crippen LogP contribution in [0.3, 0.4) is 0 Å². The lowest BCUT2D eigenvalue weighted by Gasteiger charge is -2.31. The van der Waals surface area contributed by atoms with Crippen molar-refractivity contribution in [3.8, 4) is 0 Å². The van der Waals surface area contributed by atoms with Gasteiger partial charge in [-0.15, -0.1) is 0 Å². The highest BCUT2D eigenvalue weighted by Gasteiger charge is 2.17. The third kappa shape index (κ3) is 3.62. The van der Waals surface area contributed by atoms with E-state index in [0.29, 0.717) is 0 Å². The molecule has 94 valence electrons. The monoisotopic (exact) mass is 252 g/mol. The minimum atomic E-state index is 0.726. The van der Waals surface area contributed by atoms with Gasteiger partial charge in [0.1, 0.15) is 0 Å². The van der Waals surface area contributed by atoms with Crippen LogP contribution in [0.2, 0.25) is 5.02 Å². The van der Waals surface area contributed by atoms with Crippen LogP contribution < -0.4 is 5.73 Å². The van der Waals surface area contributed by atoms with E-state index < -0.39 is 0 Å². The predicted octanol–water partition coefficient (Wildman–Crippen LogP) is 3.69. The first-order chi connectivity index (χ1) is 8.15. The number of halogens is 1. The first-order valence-corrected chi connectivity index (χ1v) is 6.78. The molecule has 2 rings (SSSR count). The Balaban J connectivity index is 1.99. The van der Waals surface area contributed by atoms with Gasteiger partial charge < -0.3 is 5.73 Å². The molecule has 1 aromatic rings. The lowest BCUT2D eigenvalue weighted by Crippen LogP contribution is -2.32. The van der Waals surface area contributed by atoms with Crippen LogP contribution in [0.25, 0.3) is 0 Å². The maximum absolute atomic E-state index is 6.02. The molecule has 0 aliphatic heterocycles. The Labute approximate surface area is 109 Å². The molecule has 1 fully saturated rings.